The molecule has 2 unspecified atom stereocenters. The van der Waals surface area contributed by atoms with Gasteiger partial charge < -0.3 is 0 Å². The first-order valence-corrected chi connectivity index (χ1v) is 13.2. The molecule has 0 N–H and O–H groups in total. The second-order valence-electron chi connectivity index (χ2n) is 10.7. The van der Waals surface area contributed by atoms with Crippen molar-refractivity contribution in [3.05, 3.63) is 35.4 Å². The van der Waals surface area contributed by atoms with Crippen molar-refractivity contribution in [1.82, 2.24) is 0 Å². The number of halogens is 6. The highest BCUT2D eigenvalue weighted by Gasteiger charge is 2.66. The van der Waals surface area contributed by atoms with E-state index in [1.807, 2.05) is 12.1 Å². The summed E-state index contributed by atoms with van der Waals surface area (Å²) >= 11 is 0. The summed E-state index contributed by atoms with van der Waals surface area (Å²) in [6.45, 7) is 3.93. The zero-order valence-electron chi connectivity index (χ0n) is 20.6. The maximum Gasteiger partial charge on any atom is 0.313 e. The predicted octanol–water partition coefficient (Wildman–Crippen LogP) is 9.82. The smallest absolute Gasteiger partial charge is 0.207 e. The first kappa shape index (κ1) is 27.4. The Kier molecular flexibility index (Phi) is 9.06. The molecule has 2 aliphatic carbocycles. The minimum atomic E-state index is -4.41. The van der Waals surface area contributed by atoms with E-state index in [4.69, 9.17) is 0 Å². The van der Waals surface area contributed by atoms with E-state index in [-0.39, 0.29) is 38.0 Å². The molecule has 0 aliphatic heterocycles. The molecule has 0 saturated heterocycles. The van der Waals surface area contributed by atoms with Gasteiger partial charge in [-0.2, -0.15) is 17.6 Å². The van der Waals surface area contributed by atoms with Crippen molar-refractivity contribution in [1.29, 1.82) is 0 Å². The molecular weight excluding hydrogens is 450 g/mol. The normalized spacial score (nSPS) is 28.1. The molecule has 0 amide bonds. The fourth-order valence-corrected chi connectivity index (χ4v) is 6.09. The first-order valence-electron chi connectivity index (χ1n) is 13.2. The molecule has 34 heavy (non-hydrogen) atoms. The average molecular weight is 491 g/mol. The minimum absolute atomic E-state index is 0.00686. The Hall–Kier alpha value is -1.20. The number of aryl methyl sites for hydroxylation is 1. The van der Waals surface area contributed by atoms with Crippen LogP contribution in [0, 0.1) is 17.8 Å². The Balaban J connectivity index is 1.59. The first-order chi connectivity index (χ1) is 16.0. The molecular formula is C28H40F6. The van der Waals surface area contributed by atoms with E-state index >= 15 is 17.6 Å². The van der Waals surface area contributed by atoms with Crippen LogP contribution in [-0.2, 0) is 6.42 Å². The summed E-state index contributed by atoms with van der Waals surface area (Å²) < 4.78 is 89.2. The van der Waals surface area contributed by atoms with Crippen molar-refractivity contribution in [3.63, 3.8) is 0 Å². The van der Waals surface area contributed by atoms with Crippen LogP contribution >= 0.6 is 0 Å². The number of rotatable bonds is 10. The molecule has 2 saturated carbocycles. The third-order valence-corrected chi connectivity index (χ3v) is 8.33. The summed E-state index contributed by atoms with van der Waals surface area (Å²) in [5.41, 5.74) is 2.32. The highest BCUT2D eigenvalue weighted by molar-refractivity contribution is 5.26. The maximum atomic E-state index is 15.1. The monoisotopic (exact) mass is 490 g/mol. The van der Waals surface area contributed by atoms with E-state index in [1.54, 1.807) is 6.92 Å². The number of hydrogen-bond acceptors (Lipinski definition) is 0. The van der Waals surface area contributed by atoms with Gasteiger partial charge in [0.15, 0.2) is 0 Å². The Labute approximate surface area is 200 Å². The maximum absolute atomic E-state index is 15.1. The lowest BCUT2D eigenvalue weighted by Crippen LogP contribution is -2.54. The molecule has 1 aromatic rings. The summed E-state index contributed by atoms with van der Waals surface area (Å²) in [4.78, 5) is 0. The summed E-state index contributed by atoms with van der Waals surface area (Å²) in [5, 5.41) is 0. The van der Waals surface area contributed by atoms with E-state index in [2.05, 4.69) is 19.1 Å². The molecule has 0 spiro atoms. The topological polar surface area (TPSA) is 0 Å². The molecule has 0 radical (unpaired) electrons. The Morgan fingerprint density at radius 3 is 1.91 bits per heavy atom. The third kappa shape index (κ3) is 5.95. The molecule has 0 nitrogen and oxygen atoms in total. The van der Waals surface area contributed by atoms with Crippen molar-refractivity contribution < 1.29 is 26.3 Å². The van der Waals surface area contributed by atoms with Gasteiger partial charge in [0.25, 0.3) is 5.92 Å². The Morgan fingerprint density at radius 1 is 0.765 bits per heavy atom. The summed E-state index contributed by atoms with van der Waals surface area (Å²) in [6.07, 6.45) is 4.58. The molecule has 2 fully saturated rings. The highest BCUT2D eigenvalue weighted by Crippen LogP contribution is 2.56. The molecule has 0 heterocycles. The lowest BCUT2D eigenvalue weighted by atomic mass is 9.69. The average Bonchev–Trinajstić information content (AvgIpc) is 2.81. The van der Waals surface area contributed by atoms with Crippen LogP contribution in [0.4, 0.5) is 26.3 Å². The quantitative estimate of drug-likeness (QED) is 0.226. The van der Waals surface area contributed by atoms with Gasteiger partial charge in [-0.25, -0.2) is 8.78 Å². The van der Waals surface area contributed by atoms with Crippen LogP contribution in [0.5, 0.6) is 0 Å². The van der Waals surface area contributed by atoms with Crippen LogP contribution < -0.4 is 0 Å². The zero-order chi connectivity index (χ0) is 25.0. The molecule has 0 aromatic heterocycles. The molecule has 1 aromatic carbocycles. The molecule has 2 atom stereocenters. The largest absolute Gasteiger partial charge is 0.313 e. The van der Waals surface area contributed by atoms with Crippen LogP contribution in [0.2, 0.25) is 0 Å². The second-order valence-corrected chi connectivity index (χ2v) is 10.7. The van der Waals surface area contributed by atoms with Crippen molar-refractivity contribution in [2.24, 2.45) is 17.8 Å². The van der Waals surface area contributed by atoms with Gasteiger partial charge in [-0.3, -0.25) is 0 Å². The summed E-state index contributed by atoms with van der Waals surface area (Å²) in [5.74, 6) is -16.3. The predicted molar refractivity (Wildman–Crippen MR) is 125 cm³/mol. The minimum Gasteiger partial charge on any atom is -0.207 e. The van der Waals surface area contributed by atoms with E-state index in [0.717, 1.165) is 24.8 Å². The molecule has 194 valence electrons. The van der Waals surface area contributed by atoms with Crippen molar-refractivity contribution >= 4 is 0 Å². The van der Waals surface area contributed by atoms with E-state index < -0.39 is 41.9 Å². The SMILES string of the molecule is CCCCCc1ccc(C2CCC(C(F)(F)C(F)(F)C3CCC(CCC)C(F)(F)C3)CC2)cc1. The van der Waals surface area contributed by atoms with E-state index in [1.165, 1.54) is 12.0 Å². The summed E-state index contributed by atoms with van der Waals surface area (Å²) in [6, 6.07) is 8.23. The molecule has 3 rings (SSSR count). The highest BCUT2D eigenvalue weighted by atomic mass is 19.3. The fraction of sp³-hybridized carbons (Fsp3) is 0.786. The molecule has 2 aliphatic rings. The van der Waals surface area contributed by atoms with Crippen molar-refractivity contribution in [2.45, 2.75) is 121 Å². The molecule has 0 bridgehead atoms. The van der Waals surface area contributed by atoms with Crippen LogP contribution in [0.1, 0.15) is 108 Å². The number of alkyl halides is 6. The lowest BCUT2D eigenvalue weighted by Gasteiger charge is -2.44. The molecule has 6 heteroatoms. The van der Waals surface area contributed by atoms with Gasteiger partial charge in [-0.15, -0.1) is 0 Å². The van der Waals surface area contributed by atoms with Gasteiger partial charge in [0, 0.05) is 24.2 Å². The number of unbranched alkanes of at least 4 members (excludes halogenated alkanes) is 2. The number of hydrogen-bond donors (Lipinski definition) is 0. The van der Waals surface area contributed by atoms with Gasteiger partial charge in [0.1, 0.15) is 0 Å². The standard InChI is InChI=1S/C28H40F6/c1-3-5-6-8-20-9-11-21(12-10-20)22-13-15-24(16-14-22)27(31,32)28(33,34)25-18-17-23(7-4-2)26(29,30)19-25/h9-12,22-25H,3-8,13-19H2,1-2H3. The van der Waals surface area contributed by atoms with Crippen molar-refractivity contribution in [2.75, 3.05) is 0 Å². The van der Waals surface area contributed by atoms with Crippen LogP contribution in [-0.4, -0.2) is 17.8 Å². The van der Waals surface area contributed by atoms with Crippen LogP contribution in [0.15, 0.2) is 24.3 Å². The van der Waals surface area contributed by atoms with Crippen molar-refractivity contribution in [3.8, 4) is 0 Å². The van der Waals surface area contributed by atoms with Gasteiger partial charge in [0.05, 0.1) is 0 Å². The second kappa shape index (κ2) is 11.2. The fourth-order valence-electron chi connectivity index (χ4n) is 6.09. The van der Waals surface area contributed by atoms with Crippen LogP contribution in [0.25, 0.3) is 0 Å². The van der Waals surface area contributed by atoms with Gasteiger partial charge in [-0.05, 0) is 74.8 Å². The van der Waals surface area contributed by atoms with Crippen LogP contribution in [0.3, 0.4) is 0 Å². The van der Waals surface area contributed by atoms with E-state index in [0.29, 0.717) is 19.3 Å². The zero-order valence-corrected chi connectivity index (χ0v) is 20.6. The lowest BCUT2D eigenvalue weighted by molar-refractivity contribution is -0.281. The van der Waals surface area contributed by atoms with E-state index in [9.17, 15) is 8.78 Å². The van der Waals surface area contributed by atoms with Gasteiger partial charge >= 0.3 is 11.8 Å². The third-order valence-electron chi connectivity index (χ3n) is 8.33. The van der Waals surface area contributed by atoms with Gasteiger partial charge in [-0.1, -0.05) is 57.4 Å². The Morgan fingerprint density at radius 2 is 1.35 bits per heavy atom. The van der Waals surface area contributed by atoms with Gasteiger partial charge in [0.2, 0.25) is 0 Å². The number of benzene rings is 1. The summed E-state index contributed by atoms with van der Waals surface area (Å²) in [7, 11) is 0. The Bertz CT molecular complexity index is 749.